The van der Waals surface area contributed by atoms with Crippen LogP contribution in [-0.2, 0) is 6.54 Å². The zero-order chi connectivity index (χ0) is 17.6. The van der Waals surface area contributed by atoms with Crippen molar-refractivity contribution in [1.29, 1.82) is 0 Å². The lowest BCUT2D eigenvalue weighted by Gasteiger charge is -2.20. The molecule has 0 radical (unpaired) electrons. The predicted octanol–water partition coefficient (Wildman–Crippen LogP) is 3.44. The van der Waals surface area contributed by atoms with Gasteiger partial charge >= 0.3 is 0 Å². The predicted molar refractivity (Wildman–Crippen MR) is 107 cm³/mol. The van der Waals surface area contributed by atoms with Gasteiger partial charge in [-0.25, -0.2) is 4.98 Å². The fourth-order valence-electron chi connectivity index (χ4n) is 2.90. The summed E-state index contributed by atoms with van der Waals surface area (Å²) in [5.74, 6) is 1.66. The second-order valence-corrected chi connectivity index (χ2v) is 7.26. The molecule has 1 aromatic heterocycles. The lowest BCUT2D eigenvalue weighted by atomic mass is 10.2. The van der Waals surface area contributed by atoms with E-state index in [4.69, 9.17) is 11.6 Å². The van der Waals surface area contributed by atoms with Crippen LogP contribution in [0.1, 0.15) is 12.0 Å². The summed E-state index contributed by atoms with van der Waals surface area (Å²) in [6.45, 7) is 2.51. The number of pyridine rings is 1. The second-order valence-electron chi connectivity index (χ2n) is 5.94. The van der Waals surface area contributed by atoms with E-state index >= 15 is 0 Å². The van der Waals surface area contributed by atoms with Gasteiger partial charge in [-0.2, -0.15) is 0 Å². The maximum Gasteiger partial charge on any atom is 0.191 e. The summed E-state index contributed by atoms with van der Waals surface area (Å²) in [5.41, 5.74) is 1.20. The third kappa shape index (κ3) is 4.86. The van der Waals surface area contributed by atoms with E-state index in [0.717, 1.165) is 42.3 Å². The Kier molecular flexibility index (Phi) is 6.15. The molecular formula is C18H21BrClN5. The molecule has 2 heterocycles. The van der Waals surface area contributed by atoms with Crippen LogP contribution in [0.15, 0.2) is 52.1 Å². The van der Waals surface area contributed by atoms with E-state index < -0.39 is 0 Å². The minimum absolute atomic E-state index is 0.312. The Bertz CT molecular complexity index is 752. The summed E-state index contributed by atoms with van der Waals surface area (Å²) >= 11 is 9.75. The first-order valence-corrected chi connectivity index (χ1v) is 9.40. The van der Waals surface area contributed by atoms with Crippen molar-refractivity contribution in [2.24, 2.45) is 4.99 Å². The van der Waals surface area contributed by atoms with Crippen LogP contribution in [0.5, 0.6) is 0 Å². The van der Waals surface area contributed by atoms with Crippen LogP contribution in [0.2, 0.25) is 5.02 Å². The van der Waals surface area contributed by atoms with Crippen LogP contribution >= 0.6 is 27.5 Å². The Balaban J connectivity index is 1.54. The van der Waals surface area contributed by atoms with E-state index in [2.05, 4.69) is 53.6 Å². The van der Waals surface area contributed by atoms with Gasteiger partial charge in [-0.1, -0.05) is 39.7 Å². The molecule has 1 aliphatic heterocycles. The standard InChI is InChI=1S/C18H21BrClN5/c1-21-18(23-11-13-4-2-5-14(19)10-13)24-15-7-9-25(12-15)17-16(20)6-3-8-22-17/h2-6,8,10,15H,7,9,11-12H2,1H3,(H2,21,23,24). The van der Waals surface area contributed by atoms with E-state index in [1.165, 1.54) is 5.56 Å². The van der Waals surface area contributed by atoms with Crippen molar-refractivity contribution in [2.75, 3.05) is 25.0 Å². The molecule has 1 fully saturated rings. The zero-order valence-corrected chi connectivity index (χ0v) is 16.4. The normalized spacial score (nSPS) is 17.6. The van der Waals surface area contributed by atoms with E-state index in [0.29, 0.717) is 11.1 Å². The number of benzene rings is 1. The zero-order valence-electron chi connectivity index (χ0n) is 14.0. The summed E-state index contributed by atoms with van der Waals surface area (Å²) in [6.07, 6.45) is 2.80. The van der Waals surface area contributed by atoms with Crippen molar-refractivity contribution in [3.05, 3.63) is 57.7 Å². The van der Waals surface area contributed by atoms with Gasteiger partial charge in [0.05, 0.1) is 5.02 Å². The SMILES string of the molecule is CN=C(NCc1cccc(Br)c1)NC1CCN(c2ncccc2Cl)C1. The average molecular weight is 423 g/mol. The van der Waals surface area contributed by atoms with E-state index in [9.17, 15) is 0 Å². The Hall–Kier alpha value is -1.79. The molecule has 7 heteroatoms. The summed E-state index contributed by atoms with van der Waals surface area (Å²) in [4.78, 5) is 10.9. The summed E-state index contributed by atoms with van der Waals surface area (Å²) in [7, 11) is 1.79. The lowest BCUT2D eigenvalue weighted by molar-refractivity contribution is 0.648. The second kappa shape index (κ2) is 8.54. The quantitative estimate of drug-likeness (QED) is 0.585. The van der Waals surface area contributed by atoms with Gasteiger partial charge in [-0.05, 0) is 36.2 Å². The number of guanidine groups is 1. The molecule has 0 saturated carbocycles. The van der Waals surface area contributed by atoms with Crippen LogP contribution in [0.3, 0.4) is 0 Å². The smallest absolute Gasteiger partial charge is 0.191 e. The molecule has 0 aliphatic carbocycles. The highest BCUT2D eigenvalue weighted by atomic mass is 79.9. The summed E-state index contributed by atoms with van der Waals surface area (Å²) in [6, 6.07) is 12.3. The average Bonchev–Trinajstić information content (AvgIpc) is 3.07. The first-order chi connectivity index (χ1) is 12.2. The minimum Gasteiger partial charge on any atom is -0.353 e. The van der Waals surface area contributed by atoms with Crippen molar-refractivity contribution in [3.8, 4) is 0 Å². The maximum atomic E-state index is 6.25. The molecule has 0 amide bonds. The van der Waals surface area contributed by atoms with Crippen molar-refractivity contribution in [2.45, 2.75) is 19.0 Å². The highest BCUT2D eigenvalue weighted by Gasteiger charge is 2.25. The lowest BCUT2D eigenvalue weighted by Crippen LogP contribution is -2.44. The van der Waals surface area contributed by atoms with E-state index in [1.807, 2.05) is 24.3 Å². The Morgan fingerprint density at radius 1 is 1.40 bits per heavy atom. The molecule has 1 atom stereocenters. The van der Waals surface area contributed by atoms with Gasteiger partial charge in [0.2, 0.25) is 0 Å². The number of nitrogens with one attached hydrogen (secondary N) is 2. The number of hydrogen-bond donors (Lipinski definition) is 2. The highest BCUT2D eigenvalue weighted by molar-refractivity contribution is 9.10. The number of nitrogens with zero attached hydrogens (tertiary/aromatic N) is 3. The first kappa shape index (κ1) is 18.0. The molecule has 2 aromatic rings. The number of aromatic nitrogens is 1. The minimum atomic E-state index is 0.312. The van der Waals surface area contributed by atoms with Crippen LogP contribution in [0.4, 0.5) is 5.82 Å². The Labute approximate surface area is 161 Å². The first-order valence-electron chi connectivity index (χ1n) is 8.23. The van der Waals surface area contributed by atoms with Crippen LogP contribution in [0, 0.1) is 0 Å². The molecule has 0 spiro atoms. The van der Waals surface area contributed by atoms with Gasteiger partial charge in [0.1, 0.15) is 5.82 Å². The van der Waals surface area contributed by atoms with Crippen molar-refractivity contribution < 1.29 is 0 Å². The third-order valence-electron chi connectivity index (χ3n) is 4.14. The van der Waals surface area contributed by atoms with Crippen molar-refractivity contribution >= 4 is 39.3 Å². The number of halogens is 2. The topological polar surface area (TPSA) is 52.6 Å². The van der Waals surface area contributed by atoms with Gasteiger partial charge in [0.25, 0.3) is 0 Å². The molecule has 5 nitrogen and oxygen atoms in total. The molecule has 0 bridgehead atoms. The summed E-state index contributed by atoms with van der Waals surface area (Å²) < 4.78 is 1.08. The molecule has 1 saturated heterocycles. The third-order valence-corrected chi connectivity index (χ3v) is 4.93. The van der Waals surface area contributed by atoms with Gasteiger partial charge in [-0.15, -0.1) is 0 Å². The Morgan fingerprint density at radius 2 is 2.28 bits per heavy atom. The summed E-state index contributed by atoms with van der Waals surface area (Å²) in [5, 5.41) is 7.54. The number of rotatable bonds is 4. The molecule has 2 N–H and O–H groups in total. The Morgan fingerprint density at radius 3 is 3.04 bits per heavy atom. The molecule has 1 aromatic carbocycles. The molecule has 25 heavy (non-hydrogen) atoms. The fraction of sp³-hybridized carbons (Fsp3) is 0.333. The number of hydrogen-bond acceptors (Lipinski definition) is 3. The molecular weight excluding hydrogens is 402 g/mol. The number of anilines is 1. The van der Waals surface area contributed by atoms with Crippen molar-refractivity contribution in [1.82, 2.24) is 15.6 Å². The molecule has 132 valence electrons. The van der Waals surface area contributed by atoms with E-state index in [-0.39, 0.29) is 0 Å². The molecule has 3 rings (SSSR count). The largest absolute Gasteiger partial charge is 0.353 e. The van der Waals surface area contributed by atoms with Crippen LogP contribution in [-0.4, -0.2) is 37.1 Å². The van der Waals surface area contributed by atoms with Gasteiger partial charge in [-0.3, -0.25) is 4.99 Å². The van der Waals surface area contributed by atoms with Crippen LogP contribution < -0.4 is 15.5 Å². The highest BCUT2D eigenvalue weighted by Crippen LogP contribution is 2.25. The fourth-order valence-corrected chi connectivity index (χ4v) is 3.59. The van der Waals surface area contributed by atoms with Gasteiger partial charge in [0, 0.05) is 43.4 Å². The van der Waals surface area contributed by atoms with Crippen LogP contribution in [0.25, 0.3) is 0 Å². The maximum absolute atomic E-state index is 6.25. The molecule has 1 aliphatic rings. The van der Waals surface area contributed by atoms with E-state index in [1.54, 1.807) is 13.2 Å². The van der Waals surface area contributed by atoms with Gasteiger partial charge in [0.15, 0.2) is 5.96 Å². The van der Waals surface area contributed by atoms with Gasteiger partial charge < -0.3 is 15.5 Å². The van der Waals surface area contributed by atoms with Crippen molar-refractivity contribution in [3.63, 3.8) is 0 Å². The molecule has 1 unspecified atom stereocenters. The number of aliphatic imine (C=N–C) groups is 1. The monoisotopic (exact) mass is 421 g/mol.